The number of hydrogen-bond donors (Lipinski definition) is 0. The average Bonchev–Trinajstić information content (AvgIpc) is 3.79. The Morgan fingerprint density at radius 1 is 0.400 bits per heavy atom. The molecule has 2 heteroatoms. The fourth-order valence-corrected chi connectivity index (χ4v) is 9.27. The van der Waals surface area contributed by atoms with Crippen LogP contribution < -0.4 is 4.90 Å². The molecule has 1 heterocycles. The molecule has 0 unspecified atom stereocenters. The van der Waals surface area contributed by atoms with Crippen LogP contribution in [-0.4, -0.2) is 0 Å². The molecule has 258 valence electrons. The molecule has 55 heavy (non-hydrogen) atoms. The van der Waals surface area contributed by atoms with E-state index in [2.05, 4.69) is 211 Å². The Morgan fingerprint density at radius 2 is 0.982 bits per heavy atom. The van der Waals surface area contributed by atoms with E-state index in [-0.39, 0.29) is 0 Å². The SMILES string of the molecule is c1ccc(C2(c3ccccc3)c3ccccc3-c3c(N(c4cccc(-c5cccc6ccccc56)c4)c4cccc5c4oc4ccccc45)cccc32)cc1. The molecule has 0 saturated carbocycles. The summed E-state index contributed by atoms with van der Waals surface area (Å²) in [6, 6.07) is 77.0. The van der Waals surface area contributed by atoms with Crippen LogP contribution in [0.4, 0.5) is 17.1 Å². The molecule has 0 radical (unpaired) electrons. The van der Waals surface area contributed by atoms with Crippen molar-refractivity contribution >= 4 is 49.8 Å². The first-order valence-corrected chi connectivity index (χ1v) is 18.9. The Labute approximate surface area is 320 Å². The maximum atomic E-state index is 6.81. The minimum Gasteiger partial charge on any atom is -0.454 e. The zero-order chi connectivity index (χ0) is 36.3. The third-order valence-electron chi connectivity index (χ3n) is 11.5. The molecule has 1 aliphatic rings. The van der Waals surface area contributed by atoms with Crippen molar-refractivity contribution in [3.63, 3.8) is 0 Å². The first-order chi connectivity index (χ1) is 27.3. The largest absolute Gasteiger partial charge is 0.454 e. The number of anilines is 3. The molecule has 0 atom stereocenters. The lowest BCUT2D eigenvalue weighted by Crippen LogP contribution is -2.28. The van der Waals surface area contributed by atoms with Gasteiger partial charge in [-0.05, 0) is 80.0 Å². The van der Waals surface area contributed by atoms with Crippen LogP contribution in [0.2, 0.25) is 0 Å². The molecular weight excluding hydrogens is 667 g/mol. The topological polar surface area (TPSA) is 16.4 Å². The van der Waals surface area contributed by atoms with Crippen molar-refractivity contribution in [1.82, 2.24) is 0 Å². The van der Waals surface area contributed by atoms with Gasteiger partial charge in [0.05, 0.1) is 16.8 Å². The fourth-order valence-electron chi connectivity index (χ4n) is 9.27. The van der Waals surface area contributed by atoms with Crippen molar-refractivity contribution in [2.45, 2.75) is 5.41 Å². The van der Waals surface area contributed by atoms with Crippen molar-refractivity contribution in [3.05, 3.63) is 235 Å². The van der Waals surface area contributed by atoms with Crippen LogP contribution in [0.5, 0.6) is 0 Å². The van der Waals surface area contributed by atoms with Gasteiger partial charge in [0.1, 0.15) is 5.58 Å². The van der Waals surface area contributed by atoms with E-state index >= 15 is 0 Å². The Kier molecular flexibility index (Phi) is 7.11. The number of hydrogen-bond acceptors (Lipinski definition) is 2. The molecule has 2 nitrogen and oxygen atoms in total. The van der Waals surface area contributed by atoms with Crippen LogP contribution in [0.25, 0.3) is 55.0 Å². The first kappa shape index (κ1) is 31.4. The van der Waals surface area contributed by atoms with Crippen molar-refractivity contribution in [3.8, 4) is 22.3 Å². The average molecular weight is 702 g/mol. The minimum atomic E-state index is -0.522. The minimum absolute atomic E-state index is 0.522. The Hall–Kier alpha value is -7.16. The van der Waals surface area contributed by atoms with E-state index in [1.165, 1.54) is 49.7 Å². The number of fused-ring (bicyclic) bond motifs is 7. The molecule has 1 aromatic heterocycles. The molecule has 0 aliphatic heterocycles. The summed E-state index contributed by atoms with van der Waals surface area (Å²) >= 11 is 0. The van der Waals surface area contributed by atoms with Gasteiger partial charge in [-0.3, -0.25) is 0 Å². The number of rotatable bonds is 6. The van der Waals surface area contributed by atoms with Crippen LogP contribution in [0.3, 0.4) is 0 Å². The highest BCUT2D eigenvalue weighted by molar-refractivity contribution is 6.11. The number of para-hydroxylation sites is 2. The van der Waals surface area contributed by atoms with Crippen LogP contribution in [-0.2, 0) is 5.41 Å². The molecule has 0 fully saturated rings. The zero-order valence-electron chi connectivity index (χ0n) is 30.1. The standard InChI is InChI=1S/C53H35NO/c1-3-20-38(21-4-1)53(39-22-5-2-6-23-39)46-30-11-9-27-45(46)51-47(53)31-16-32-48(51)54(49-33-15-29-44-43-26-10-12-34-50(43)55-52(44)49)40-24-13-19-37(35-40)42-28-14-18-36-17-7-8-25-41(36)42/h1-35H. The summed E-state index contributed by atoms with van der Waals surface area (Å²) in [4.78, 5) is 2.43. The molecular formula is C53H35NO. The van der Waals surface area contributed by atoms with Crippen molar-refractivity contribution in [2.75, 3.05) is 4.90 Å². The van der Waals surface area contributed by atoms with E-state index in [4.69, 9.17) is 4.42 Å². The third-order valence-corrected chi connectivity index (χ3v) is 11.5. The molecule has 0 N–H and O–H groups in total. The second-order valence-electron chi connectivity index (χ2n) is 14.4. The second-order valence-corrected chi connectivity index (χ2v) is 14.4. The predicted octanol–water partition coefficient (Wildman–Crippen LogP) is 14.2. The molecule has 10 aromatic rings. The van der Waals surface area contributed by atoms with Gasteiger partial charge in [-0.1, -0.05) is 182 Å². The van der Waals surface area contributed by atoms with Crippen LogP contribution in [0.1, 0.15) is 22.3 Å². The number of nitrogens with zero attached hydrogens (tertiary/aromatic N) is 1. The Morgan fingerprint density at radius 3 is 1.82 bits per heavy atom. The van der Waals surface area contributed by atoms with Gasteiger partial charge in [0, 0.05) is 22.0 Å². The fraction of sp³-hybridized carbons (Fsp3) is 0.0189. The number of benzene rings is 9. The van der Waals surface area contributed by atoms with Crippen molar-refractivity contribution < 1.29 is 4.42 Å². The summed E-state index contributed by atoms with van der Waals surface area (Å²) in [5.74, 6) is 0. The smallest absolute Gasteiger partial charge is 0.159 e. The van der Waals surface area contributed by atoms with Gasteiger partial charge in [0.2, 0.25) is 0 Å². The third kappa shape index (κ3) is 4.68. The Balaban J connectivity index is 1.24. The molecule has 0 saturated heterocycles. The second kappa shape index (κ2) is 12.5. The molecule has 0 spiro atoms. The van der Waals surface area contributed by atoms with Crippen LogP contribution in [0.15, 0.2) is 217 Å². The van der Waals surface area contributed by atoms with Gasteiger partial charge in [-0.2, -0.15) is 0 Å². The van der Waals surface area contributed by atoms with E-state index in [1.54, 1.807) is 0 Å². The molecule has 9 aromatic carbocycles. The van der Waals surface area contributed by atoms with Crippen molar-refractivity contribution in [1.29, 1.82) is 0 Å². The van der Waals surface area contributed by atoms with E-state index in [0.717, 1.165) is 44.6 Å². The highest BCUT2D eigenvalue weighted by Crippen LogP contribution is 2.60. The van der Waals surface area contributed by atoms with E-state index < -0.39 is 5.41 Å². The van der Waals surface area contributed by atoms with Gasteiger partial charge in [-0.15, -0.1) is 0 Å². The van der Waals surface area contributed by atoms with Gasteiger partial charge < -0.3 is 9.32 Å². The lowest BCUT2D eigenvalue weighted by atomic mass is 9.68. The highest BCUT2D eigenvalue weighted by atomic mass is 16.3. The van der Waals surface area contributed by atoms with Crippen molar-refractivity contribution in [2.24, 2.45) is 0 Å². The highest BCUT2D eigenvalue weighted by Gasteiger charge is 2.47. The first-order valence-electron chi connectivity index (χ1n) is 18.9. The summed E-state index contributed by atoms with van der Waals surface area (Å²) in [7, 11) is 0. The lowest BCUT2D eigenvalue weighted by molar-refractivity contribution is 0.669. The van der Waals surface area contributed by atoms with Crippen LogP contribution in [0, 0.1) is 0 Å². The zero-order valence-corrected chi connectivity index (χ0v) is 30.1. The lowest BCUT2D eigenvalue weighted by Gasteiger charge is -2.34. The summed E-state index contributed by atoms with van der Waals surface area (Å²) in [5.41, 5.74) is 14.2. The maximum absolute atomic E-state index is 6.81. The van der Waals surface area contributed by atoms with E-state index in [1.807, 2.05) is 6.07 Å². The number of furan rings is 1. The van der Waals surface area contributed by atoms with Gasteiger partial charge >= 0.3 is 0 Å². The molecule has 0 amide bonds. The summed E-state index contributed by atoms with van der Waals surface area (Å²) < 4.78 is 6.81. The predicted molar refractivity (Wildman–Crippen MR) is 229 cm³/mol. The van der Waals surface area contributed by atoms with E-state index in [0.29, 0.717) is 0 Å². The molecule has 0 bridgehead atoms. The monoisotopic (exact) mass is 701 g/mol. The Bertz CT molecular complexity index is 3000. The van der Waals surface area contributed by atoms with Crippen LogP contribution >= 0.6 is 0 Å². The summed E-state index contributed by atoms with van der Waals surface area (Å²) in [6.45, 7) is 0. The maximum Gasteiger partial charge on any atom is 0.159 e. The van der Waals surface area contributed by atoms with E-state index in [9.17, 15) is 0 Å². The molecule has 11 rings (SSSR count). The van der Waals surface area contributed by atoms with Gasteiger partial charge in [-0.25, -0.2) is 0 Å². The molecule has 1 aliphatic carbocycles. The summed E-state index contributed by atoms with van der Waals surface area (Å²) in [5, 5.41) is 4.67. The van der Waals surface area contributed by atoms with Gasteiger partial charge in [0.15, 0.2) is 5.58 Å². The summed E-state index contributed by atoms with van der Waals surface area (Å²) in [6.07, 6.45) is 0. The normalized spacial score (nSPS) is 12.9. The quantitative estimate of drug-likeness (QED) is 0.172. The van der Waals surface area contributed by atoms with Gasteiger partial charge in [0.25, 0.3) is 0 Å².